The van der Waals surface area contributed by atoms with Crippen LogP contribution in [0.3, 0.4) is 0 Å². The summed E-state index contributed by atoms with van der Waals surface area (Å²) in [6.45, 7) is 2.18. The van der Waals surface area contributed by atoms with Crippen LogP contribution < -0.4 is 0 Å². The molecule has 2 nitrogen and oxygen atoms in total. The molecule has 0 saturated heterocycles. The van der Waals surface area contributed by atoms with Crippen molar-refractivity contribution >= 4 is 0 Å². The van der Waals surface area contributed by atoms with E-state index in [2.05, 4.69) is 36.7 Å². The third kappa shape index (κ3) is 14.5. The molecule has 0 rings (SSSR count). The van der Waals surface area contributed by atoms with Crippen molar-refractivity contribution < 1.29 is 10.2 Å². The van der Waals surface area contributed by atoms with Gasteiger partial charge in [0.15, 0.2) is 0 Å². The van der Waals surface area contributed by atoms with Crippen molar-refractivity contribution in [2.45, 2.75) is 51.6 Å². The fraction of sp³-hybridized carbons (Fsp3) is 0.529. The van der Waals surface area contributed by atoms with Gasteiger partial charge >= 0.3 is 0 Å². The quantitative estimate of drug-likeness (QED) is 0.400. The highest BCUT2D eigenvalue weighted by atomic mass is 16.3. The van der Waals surface area contributed by atoms with E-state index in [1.165, 1.54) is 37.8 Å². The third-order valence-corrected chi connectivity index (χ3v) is 2.43. The van der Waals surface area contributed by atoms with E-state index in [0.717, 1.165) is 6.42 Å². The topological polar surface area (TPSA) is 40.5 Å². The first-order valence-electron chi connectivity index (χ1n) is 6.91. The molecule has 104 valence electrons. The maximum absolute atomic E-state index is 9.54. The van der Waals surface area contributed by atoms with E-state index in [-0.39, 0.29) is 6.61 Å². The Bertz CT molecular complexity index is 372. The normalized spacial score (nSPS) is 11.9. The van der Waals surface area contributed by atoms with Crippen LogP contribution in [-0.4, -0.2) is 22.9 Å². The number of rotatable bonds is 8. The van der Waals surface area contributed by atoms with Crippen LogP contribution in [0.25, 0.3) is 0 Å². The lowest BCUT2D eigenvalue weighted by Crippen LogP contribution is -1.99. The second kappa shape index (κ2) is 14.6. The van der Waals surface area contributed by atoms with E-state index in [4.69, 9.17) is 5.11 Å². The van der Waals surface area contributed by atoms with Crippen molar-refractivity contribution in [3.63, 3.8) is 0 Å². The minimum atomic E-state index is -0.650. The van der Waals surface area contributed by atoms with Crippen LogP contribution in [0.1, 0.15) is 45.4 Å². The summed E-state index contributed by atoms with van der Waals surface area (Å²) in [6.07, 6.45) is 13.2. The molecule has 0 unspecified atom stereocenters. The number of hydrogen-bond acceptors (Lipinski definition) is 2. The van der Waals surface area contributed by atoms with Crippen molar-refractivity contribution in [2.75, 3.05) is 6.61 Å². The number of hydrogen-bond donors (Lipinski definition) is 2. The van der Waals surface area contributed by atoms with Crippen molar-refractivity contribution in [3.05, 3.63) is 24.3 Å². The van der Waals surface area contributed by atoms with Gasteiger partial charge in [-0.25, -0.2) is 0 Å². The van der Waals surface area contributed by atoms with E-state index < -0.39 is 6.10 Å². The van der Waals surface area contributed by atoms with Crippen LogP contribution in [0.5, 0.6) is 0 Å². The number of aliphatic hydroxyl groups is 2. The van der Waals surface area contributed by atoms with E-state index in [1.54, 1.807) is 0 Å². The lowest BCUT2D eigenvalue weighted by Gasteiger charge is -1.97. The van der Waals surface area contributed by atoms with E-state index in [0.29, 0.717) is 6.42 Å². The predicted octanol–water partition coefficient (Wildman–Crippen LogP) is 2.82. The zero-order valence-corrected chi connectivity index (χ0v) is 11.7. The van der Waals surface area contributed by atoms with Gasteiger partial charge in [0.2, 0.25) is 0 Å². The number of allylic oxidation sites excluding steroid dienone is 2. The van der Waals surface area contributed by atoms with Gasteiger partial charge in [-0.2, -0.15) is 0 Å². The van der Waals surface area contributed by atoms with Gasteiger partial charge in [-0.15, -0.1) is 0 Å². The maximum Gasteiger partial charge on any atom is 0.119 e. The fourth-order valence-corrected chi connectivity index (χ4v) is 1.40. The van der Waals surface area contributed by atoms with Gasteiger partial charge in [0, 0.05) is 6.42 Å². The SMILES string of the molecule is CCCCCC/C=C\C[C@H](O)C#CC#C/C=C\CO. The zero-order valence-electron chi connectivity index (χ0n) is 11.7. The molecule has 2 N–H and O–H groups in total. The standard InChI is InChI=1S/C17H24O2/c1-2-3-4-5-6-8-11-14-17(19)15-12-9-7-10-13-16-18/h8,10-11,13,17-19H,2-6,14,16H2,1H3/b11-8-,13-10-/t17-/m0/s1. The predicted molar refractivity (Wildman–Crippen MR) is 80.3 cm³/mol. The average Bonchev–Trinajstić information content (AvgIpc) is 2.41. The summed E-state index contributed by atoms with van der Waals surface area (Å²) >= 11 is 0. The largest absolute Gasteiger partial charge is 0.392 e. The Morgan fingerprint density at radius 3 is 2.63 bits per heavy atom. The van der Waals surface area contributed by atoms with Crippen LogP contribution in [-0.2, 0) is 0 Å². The molecule has 0 aromatic rings. The molecule has 1 atom stereocenters. The Kier molecular flexibility index (Phi) is 13.4. The van der Waals surface area contributed by atoms with Crippen LogP contribution in [0.2, 0.25) is 0 Å². The molecule has 0 amide bonds. The van der Waals surface area contributed by atoms with Gasteiger partial charge < -0.3 is 10.2 Å². The second-order valence-corrected chi connectivity index (χ2v) is 4.20. The lowest BCUT2D eigenvalue weighted by molar-refractivity contribution is 0.236. The summed E-state index contributed by atoms with van der Waals surface area (Å²) < 4.78 is 0. The summed E-state index contributed by atoms with van der Waals surface area (Å²) in [5.74, 6) is 10.5. The van der Waals surface area contributed by atoms with Gasteiger partial charge in [-0.05, 0) is 30.8 Å². The second-order valence-electron chi connectivity index (χ2n) is 4.20. The van der Waals surface area contributed by atoms with Gasteiger partial charge in [-0.3, -0.25) is 0 Å². The molecule has 19 heavy (non-hydrogen) atoms. The van der Waals surface area contributed by atoms with Crippen molar-refractivity contribution in [2.24, 2.45) is 0 Å². The number of unbranched alkanes of at least 4 members (excludes halogenated alkanes) is 4. The number of aliphatic hydroxyl groups excluding tert-OH is 2. The molecule has 2 heteroatoms. The van der Waals surface area contributed by atoms with Crippen molar-refractivity contribution in [1.82, 2.24) is 0 Å². The first-order valence-corrected chi connectivity index (χ1v) is 6.91. The molecule has 0 aromatic carbocycles. The summed E-state index contributed by atoms with van der Waals surface area (Å²) in [4.78, 5) is 0. The molecule has 0 heterocycles. The Hall–Kier alpha value is -1.48. The minimum absolute atomic E-state index is 0.0201. The van der Waals surface area contributed by atoms with E-state index in [9.17, 15) is 5.11 Å². The highest BCUT2D eigenvalue weighted by Crippen LogP contribution is 2.03. The minimum Gasteiger partial charge on any atom is -0.392 e. The monoisotopic (exact) mass is 260 g/mol. The summed E-state index contributed by atoms with van der Waals surface area (Å²) in [5.41, 5.74) is 0. The molecule has 0 saturated carbocycles. The molecular weight excluding hydrogens is 236 g/mol. The Balaban J connectivity index is 3.70. The van der Waals surface area contributed by atoms with E-state index >= 15 is 0 Å². The van der Waals surface area contributed by atoms with E-state index in [1.807, 2.05) is 6.08 Å². The molecule has 0 fully saturated rings. The first kappa shape index (κ1) is 17.5. The molecule has 0 aliphatic carbocycles. The van der Waals surface area contributed by atoms with Gasteiger partial charge in [-0.1, -0.05) is 56.3 Å². The third-order valence-electron chi connectivity index (χ3n) is 2.43. The Morgan fingerprint density at radius 1 is 1.05 bits per heavy atom. The first-order chi connectivity index (χ1) is 9.31. The van der Waals surface area contributed by atoms with Crippen molar-refractivity contribution in [3.8, 4) is 23.7 Å². The lowest BCUT2D eigenvalue weighted by atomic mass is 10.1. The fourth-order valence-electron chi connectivity index (χ4n) is 1.40. The summed E-state index contributed by atoms with van der Waals surface area (Å²) in [5, 5.41) is 18.0. The molecule has 0 spiro atoms. The van der Waals surface area contributed by atoms with Crippen LogP contribution in [0.15, 0.2) is 24.3 Å². The van der Waals surface area contributed by atoms with Crippen LogP contribution >= 0.6 is 0 Å². The highest BCUT2D eigenvalue weighted by Gasteiger charge is 1.93. The molecule has 0 radical (unpaired) electrons. The summed E-state index contributed by atoms with van der Waals surface area (Å²) in [7, 11) is 0. The molecular formula is C17H24O2. The molecule has 0 bridgehead atoms. The molecule has 0 aliphatic rings. The maximum atomic E-state index is 9.54. The Morgan fingerprint density at radius 2 is 1.89 bits per heavy atom. The molecule has 0 aliphatic heterocycles. The Labute approximate surface area is 117 Å². The van der Waals surface area contributed by atoms with Crippen molar-refractivity contribution in [1.29, 1.82) is 0 Å². The smallest absolute Gasteiger partial charge is 0.119 e. The summed E-state index contributed by atoms with van der Waals surface area (Å²) in [6, 6.07) is 0. The molecule has 0 aromatic heterocycles. The highest BCUT2D eigenvalue weighted by molar-refractivity contribution is 5.31. The van der Waals surface area contributed by atoms with Gasteiger partial charge in [0.25, 0.3) is 0 Å². The van der Waals surface area contributed by atoms with Crippen LogP contribution in [0, 0.1) is 23.7 Å². The zero-order chi connectivity index (χ0) is 14.2. The van der Waals surface area contributed by atoms with Gasteiger partial charge in [0.05, 0.1) is 6.61 Å². The van der Waals surface area contributed by atoms with Crippen LogP contribution in [0.4, 0.5) is 0 Å². The van der Waals surface area contributed by atoms with Gasteiger partial charge in [0.1, 0.15) is 6.10 Å². The average molecular weight is 260 g/mol.